The van der Waals surface area contributed by atoms with Gasteiger partial charge in [0.2, 0.25) is 10.0 Å². The van der Waals surface area contributed by atoms with Crippen molar-refractivity contribution in [3.05, 3.63) is 65.9 Å². The quantitative estimate of drug-likeness (QED) is 0.558. The molecule has 8 heteroatoms. The van der Waals surface area contributed by atoms with Gasteiger partial charge >= 0.3 is 0 Å². The molecule has 1 saturated heterocycles. The topological polar surface area (TPSA) is 83.4 Å². The molecule has 2 aromatic carbocycles. The molecule has 7 nitrogen and oxygen atoms in total. The molecule has 176 valence electrons. The lowest BCUT2D eigenvalue weighted by Crippen LogP contribution is -2.46. The van der Waals surface area contributed by atoms with Gasteiger partial charge in [-0.05, 0) is 61.7 Å². The van der Waals surface area contributed by atoms with E-state index in [1.807, 2.05) is 66.6 Å². The number of sulfonamides is 1. The normalized spacial score (nSPS) is 15.8. The Labute approximate surface area is 195 Å². The summed E-state index contributed by atoms with van der Waals surface area (Å²) in [7, 11) is -3.27. The fourth-order valence-corrected chi connectivity index (χ4v) is 4.86. The number of hydrogen-bond acceptors (Lipinski definition) is 4. The van der Waals surface area contributed by atoms with Crippen LogP contribution in [0.1, 0.15) is 42.6 Å². The van der Waals surface area contributed by atoms with Gasteiger partial charge in [-0.1, -0.05) is 19.1 Å². The van der Waals surface area contributed by atoms with E-state index in [0.29, 0.717) is 6.54 Å². The van der Waals surface area contributed by atoms with E-state index in [1.165, 1.54) is 0 Å². The molecular weight excluding hydrogens is 436 g/mol. The summed E-state index contributed by atoms with van der Waals surface area (Å²) >= 11 is 0. The van der Waals surface area contributed by atoms with Crippen LogP contribution in [0.25, 0.3) is 16.6 Å². The molecule has 4 rings (SSSR count). The minimum absolute atomic E-state index is 0.0625. The Morgan fingerprint density at radius 1 is 1.03 bits per heavy atom. The van der Waals surface area contributed by atoms with E-state index in [4.69, 9.17) is 0 Å². The molecule has 1 aliphatic heterocycles. The van der Waals surface area contributed by atoms with E-state index in [0.717, 1.165) is 53.9 Å². The number of nitrogens with one attached hydrogen (secondary N) is 2. The Morgan fingerprint density at radius 3 is 2.39 bits per heavy atom. The number of nitrogens with zero attached hydrogens (tertiary/aromatic N) is 2. The number of aromatic nitrogens is 1. The summed E-state index contributed by atoms with van der Waals surface area (Å²) in [6.45, 7) is 8.88. The molecule has 1 atom stereocenters. The summed E-state index contributed by atoms with van der Waals surface area (Å²) in [6.07, 6.45) is 2.01. The molecule has 0 bridgehead atoms. The maximum Gasteiger partial charge on any atom is 0.253 e. The fraction of sp³-hybridized carbons (Fsp3) is 0.400. The van der Waals surface area contributed by atoms with Gasteiger partial charge in [-0.2, -0.15) is 0 Å². The number of amides is 1. The van der Waals surface area contributed by atoms with Gasteiger partial charge in [-0.25, -0.2) is 13.1 Å². The van der Waals surface area contributed by atoms with Crippen molar-refractivity contribution < 1.29 is 13.2 Å². The first kappa shape index (κ1) is 23.5. The van der Waals surface area contributed by atoms with Crippen LogP contribution in [-0.4, -0.2) is 61.8 Å². The number of rotatable bonds is 7. The molecule has 1 aliphatic rings. The van der Waals surface area contributed by atoms with Gasteiger partial charge in [0.15, 0.2) is 0 Å². The third-order valence-corrected chi connectivity index (χ3v) is 8.10. The SMILES string of the molecule is CC(CNS(=O)(=O)C(C)C)c1ccc(-n2ccc3cc(C(=O)N4CCNCC4)ccc32)cc1. The lowest BCUT2D eigenvalue weighted by atomic mass is 10.0. The van der Waals surface area contributed by atoms with E-state index in [1.54, 1.807) is 13.8 Å². The van der Waals surface area contributed by atoms with Crippen LogP contribution in [0.5, 0.6) is 0 Å². The van der Waals surface area contributed by atoms with Crippen LogP contribution >= 0.6 is 0 Å². The van der Waals surface area contributed by atoms with E-state index < -0.39 is 15.3 Å². The Hall–Kier alpha value is -2.68. The van der Waals surface area contributed by atoms with Gasteiger partial charge in [0.1, 0.15) is 0 Å². The van der Waals surface area contributed by atoms with Crippen LogP contribution in [0.3, 0.4) is 0 Å². The fourth-order valence-electron chi connectivity index (χ4n) is 4.04. The summed E-state index contributed by atoms with van der Waals surface area (Å²) in [5.74, 6) is 0.144. The molecule has 1 aromatic heterocycles. The van der Waals surface area contributed by atoms with Crippen LogP contribution in [0.2, 0.25) is 0 Å². The zero-order chi connectivity index (χ0) is 23.6. The largest absolute Gasteiger partial charge is 0.336 e. The smallest absolute Gasteiger partial charge is 0.253 e. The maximum atomic E-state index is 12.8. The average Bonchev–Trinajstić information content (AvgIpc) is 3.26. The monoisotopic (exact) mass is 468 g/mol. The molecule has 1 unspecified atom stereocenters. The molecular formula is C25H32N4O3S. The number of carbonyl (C=O) groups is 1. The van der Waals surface area contributed by atoms with E-state index >= 15 is 0 Å². The van der Waals surface area contributed by atoms with E-state index in [2.05, 4.69) is 14.6 Å². The first-order valence-corrected chi connectivity index (χ1v) is 13.0. The Bertz CT molecular complexity index is 1230. The molecule has 0 radical (unpaired) electrons. The second-order valence-corrected chi connectivity index (χ2v) is 11.3. The van der Waals surface area contributed by atoms with Crippen LogP contribution in [0.15, 0.2) is 54.7 Å². The molecule has 1 amide bonds. The molecule has 33 heavy (non-hydrogen) atoms. The molecule has 0 spiro atoms. The summed E-state index contributed by atoms with van der Waals surface area (Å²) in [4.78, 5) is 14.7. The Morgan fingerprint density at radius 2 is 1.73 bits per heavy atom. The number of piperazine rings is 1. The van der Waals surface area contributed by atoms with Crippen molar-refractivity contribution in [1.82, 2.24) is 19.5 Å². The Kier molecular flexibility index (Phi) is 6.88. The van der Waals surface area contributed by atoms with Crippen LogP contribution in [0.4, 0.5) is 0 Å². The van der Waals surface area contributed by atoms with Gasteiger partial charge in [0.05, 0.1) is 10.8 Å². The first-order chi connectivity index (χ1) is 15.8. The van der Waals surface area contributed by atoms with Crippen LogP contribution in [-0.2, 0) is 10.0 Å². The van der Waals surface area contributed by atoms with Crippen molar-refractivity contribution in [3.63, 3.8) is 0 Å². The predicted molar refractivity (Wildman–Crippen MR) is 133 cm³/mol. The lowest BCUT2D eigenvalue weighted by Gasteiger charge is -2.27. The highest BCUT2D eigenvalue weighted by atomic mass is 32.2. The third-order valence-electron chi connectivity index (χ3n) is 6.29. The third kappa shape index (κ3) is 5.13. The predicted octanol–water partition coefficient (Wildman–Crippen LogP) is 3.11. The van der Waals surface area contributed by atoms with Crippen molar-refractivity contribution in [1.29, 1.82) is 0 Å². The van der Waals surface area contributed by atoms with Crippen molar-refractivity contribution in [2.45, 2.75) is 31.9 Å². The molecule has 1 fully saturated rings. The van der Waals surface area contributed by atoms with E-state index in [-0.39, 0.29) is 11.8 Å². The number of hydrogen-bond donors (Lipinski definition) is 2. The zero-order valence-corrected chi connectivity index (χ0v) is 20.2. The van der Waals surface area contributed by atoms with Crippen LogP contribution < -0.4 is 10.0 Å². The summed E-state index contributed by atoms with van der Waals surface area (Å²) in [5, 5.41) is 3.86. The second-order valence-electron chi connectivity index (χ2n) is 8.94. The maximum absolute atomic E-state index is 12.8. The Balaban J connectivity index is 1.49. The van der Waals surface area contributed by atoms with Gasteiger partial charge < -0.3 is 14.8 Å². The number of fused-ring (bicyclic) bond motifs is 1. The molecule has 2 heterocycles. The van der Waals surface area contributed by atoms with Crippen molar-refractivity contribution in [2.24, 2.45) is 0 Å². The second kappa shape index (κ2) is 9.67. The van der Waals surface area contributed by atoms with Gasteiger partial charge in [-0.15, -0.1) is 0 Å². The van der Waals surface area contributed by atoms with E-state index in [9.17, 15) is 13.2 Å². The lowest BCUT2D eigenvalue weighted by molar-refractivity contribution is 0.0736. The van der Waals surface area contributed by atoms with Gasteiger partial charge in [0, 0.05) is 55.6 Å². The summed E-state index contributed by atoms with van der Waals surface area (Å²) in [5.41, 5.74) is 3.85. The molecule has 2 N–H and O–H groups in total. The zero-order valence-electron chi connectivity index (χ0n) is 19.4. The first-order valence-electron chi connectivity index (χ1n) is 11.5. The highest BCUT2D eigenvalue weighted by Crippen LogP contribution is 2.24. The van der Waals surface area contributed by atoms with Crippen molar-refractivity contribution in [3.8, 4) is 5.69 Å². The highest BCUT2D eigenvalue weighted by Gasteiger charge is 2.19. The number of carbonyl (C=O) groups excluding carboxylic acids is 1. The van der Waals surface area contributed by atoms with Crippen molar-refractivity contribution >= 4 is 26.8 Å². The van der Waals surface area contributed by atoms with Gasteiger partial charge in [0.25, 0.3) is 5.91 Å². The number of benzene rings is 2. The minimum Gasteiger partial charge on any atom is -0.336 e. The minimum atomic E-state index is -3.27. The summed E-state index contributed by atoms with van der Waals surface area (Å²) in [6, 6.07) is 16.1. The summed E-state index contributed by atoms with van der Waals surface area (Å²) < 4.78 is 28.8. The van der Waals surface area contributed by atoms with Crippen molar-refractivity contribution in [2.75, 3.05) is 32.7 Å². The standard InChI is InChI=1S/C25H32N4O3S/c1-18(2)33(31,32)27-17-19(3)20-4-7-23(8-5-20)29-13-10-21-16-22(6-9-24(21)29)25(30)28-14-11-26-12-15-28/h4-10,13,16,18-19,26-27H,11-12,14-15,17H2,1-3H3. The molecule has 3 aromatic rings. The highest BCUT2D eigenvalue weighted by molar-refractivity contribution is 7.90. The molecule has 0 saturated carbocycles. The molecule has 0 aliphatic carbocycles. The van der Waals surface area contributed by atoms with Gasteiger partial charge in [-0.3, -0.25) is 4.79 Å². The average molecular weight is 469 g/mol. The van der Waals surface area contributed by atoms with Crippen LogP contribution in [0, 0.1) is 0 Å².